The van der Waals surface area contributed by atoms with Gasteiger partial charge in [-0.05, 0) is 47.6 Å². The molecular formula is C21H23N3O2. The van der Waals surface area contributed by atoms with Crippen molar-refractivity contribution in [3.05, 3.63) is 71.3 Å². The molecule has 1 amide bonds. The smallest absolute Gasteiger partial charge is 0.226 e. The van der Waals surface area contributed by atoms with Crippen molar-refractivity contribution in [1.29, 1.82) is 0 Å². The van der Waals surface area contributed by atoms with Crippen molar-refractivity contribution < 1.29 is 9.53 Å². The van der Waals surface area contributed by atoms with Gasteiger partial charge in [0.1, 0.15) is 0 Å². The van der Waals surface area contributed by atoms with Crippen molar-refractivity contribution in [3.8, 4) is 0 Å². The van der Waals surface area contributed by atoms with Crippen molar-refractivity contribution in [2.75, 3.05) is 6.54 Å². The topological polar surface area (TPSA) is 55.3 Å². The molecule has 0 aromatic carbocycles. The second-order valence-corrected chi connectivity index (χ2v) is 6.94. The van der Waals surface area contributed by atoms with Crippen molar-refractivity contribution >= 4 is 5.91 Å². The maximum absolute atomic E-state index is 12.7. The molecule has 3 heterocycles. The van der Waals surface area contributed by atoms with Crippen LogP contribution < -0.4 is 0 Å². The molecule has 0 atom stereocenters. The van der Waals surface area contributed by atoms with Crippen LogP contribution in [0.5, 0.6) is 0 Å². The maximum Gasteiger partial charge on any atom is 0.226 e. The highest BCUT2D eigenvalue weighted by Crippen LogP contribution is 2.26. The van der Waals surface area contributed by atoms with Crippen molar-refractivity contribution in [2.24, 2.45) is 5.92 Å². The molecule has 5 heteroatoms. The van der Waals surface area contributed by atoms with E-state index in [-0.39, 0.29) is 11.8 Å². The molecule has 1 aliphatic carbocycles. The molecule has 0 bridgehead atoms. The lowest BCUT2D eigenvalue weighted by atomic mass is 9.96. The highest BCUT2D eigenvalue weighted by molar-refractivity contribution is 5.80. The van der Waals surface area contributed by atoms with Crippen LogP contribution in [-0.4, -0.2) is 27.3 Å². The lowest BCUT2D eigenvalue weighted by molar-refractivity contribution is -0.136. The predicted octanol–water partition coefficient (Wildman–Crippen LogP) is 3.04. The van der Waals surface area contributed by atoms with E-state index in [1.54, 1.807) is 6.20 Å². The summed E-state index contributed by atoms with van der Waals surface area (Å²) < 4.78 is 5.86. The molecule has 0 fully saturated rings. The highest BCUT2D eigenvalue weighted by Gasteiger charge is 2.28. The van der Waals surface area contributed by atoms with Gasteiger partial charge in [0.15, 0.2) is 0 Å². The first-order chi connectivity index (χ1) is 12.8. The second-order valence-electron chi connectivity index (χ2n) is 6.94. The Balaban J connectivity index is 1.39. The SMILES string of the molecule is O=C(C1CC=CC1)N1CCc2c(COCc3cccnc3)cncc2C1. The Morgan fingerprint density at radius 3 is 2.85 bits per heavy atom. The molecule has 0 radical (unpaired) electrons. The zero-order valence-corrected chi connectivity index (χ0v) is 14.8. The molecule has 0 N–H and O–H groups in total. The van der Waals surface area contributed by atoms with Crippen LogP contribution in [0.15, 0.2) is 49.1 Å². The quantitative estimate of drug-likeness (QED) is 0.779. The van der Waals surface area contributed by atoms with Crippen molar-refractivity contribution in [3.63, 3.8) is 0 Å². The minimum Gasteiger partial charge on any atom is -0.372 e. The summed E-state index contributed by atoms with van der Waals surface area (Å²) in [6.45, 7) is 2.51. The molecule has 0 saturated carbocycles. The summed E-state index contributed by atoms with van der Waals surface area (Å²) in [5.74, 6) is 0.411. The molecule has 0 spiro atoms. The molecule has 0 saturated heterocycles. The number of aromatic nitrogens is 2. The Bertz CT molecular complexity index is 796. The number of allylic oxidation sites excluding steroid dienone is 2. The lowest BCUT2D eigenvalue weighted by Crippen LogP contribution is -2.39. The summed E-state index contributed by atoms with van der Waals surface area (Å²) in [6.07, 6.45) is 14.2. The van der Waals surface area contributed by atoms with Crippen LogP contribution in [0, 0.1) is 5.92 Å². The molecule has 0 unspecified atom stereocenters. The van der Waals surface area contributed by atoms with Gasteiger partial charge >= 0.3 is 0 Å². The summed E-state index contributed by atoms with van der Waals surface area (Å²) >= 11 is 0. The summed E-state index contributed by atoms with van der Waals surface area (Å²) in [4.78, 5) is 23.1. The zero-order valence-electron chi connectivity index (χ0n) is 14.8. The number of nitrogens with zero attached hydrogens (tertiary/aromatic N) is 3. The summed E-state index contributed by atoms with van der Waals surface area (Å²) in [6, 6.07) is 3.92. The van der Waals surface area contributed by atoms with Crippen LogP contribution in [0.3, 0.4) is 0 Å². The van der Waals surface area contributed by atoms with Gasteiger partial charge in [-0.1, -0.05) is 18.2 Å². The van der Waals surface area contributed by atoms with Gasteiger partial charge in [0.05, 0.1) is 13.2 Å². The molecule has 2 aliphatic rings. The van der Waals surface area contributed by atoms with Gasteiger partial charge in [-0.3, -0.25) is 14.8 Å². The molecule has 2 aromatic rings. The Hall–Kier alpha value is -2.53. The summed E-state index contributed by atoms with van der Waals surface area (Å²) in [5.41, 5.74) is 4.63. The Labute approximate surface area is 153 Å². The van der Waals surface area contributed by atoms with Crippen LogP contribution in [-0.2, 0) is 35.7 Å². The first kappa shape index (κ1) is 16.9. The van der Waals surface area contributed by atoms with E-state index < -0.39 is 0 Å². The van der Waals surface area contributed by atoms with E-state index in [4.69, 9.17) is 4.74 Å². The number of rotatable bonds is 5. The third-order valence-corrected chi connectivity index (χ3v) is 5.15. The maximum atomic E-state index is 12.7. The number of ether oxygens (including phenoxy) is 1. The van der Waals surface area contributed by atoms with Crippen molar-refractivity contribution in [2.45, 2.75) is 39.0 Å². The number of amides is 1. The van der Waals surface area contributed by atoms with Crippen LogP contribution in [0.25, 0.3) is 0 Å². The molecule has 26 heavy (non-hydrogen) atoms. The Kier molecular flexibility index (Phi) is 5.07. The van der Waals surface area contributed by atoms with Crippen LogP contribution in [0.4, 0.5) is 0 Å². The first-order valence-electron chi connectivity index (χ1n) is 9.16. The van der Waals surface area contributed by atoms with Crippen LogP contribution in [0.2, 0.25) is 0 Å². The monoisotopic (exact) mass is 349 g/mol. The minimum absolute atomic E-state index is 0.135. The zero-order chi connectivity index (χ0) is 17.8. The molecule has 1 aliphatic heterocycles. The molecule has 134 valence electrons. The Morgan fingerprint density at radius 1 is 1.15 bits per heavy atom. The van der Waals surface area contributed by atoms with Crippen LogP contribution >= 0.6 is 0 Å². The second kappa shape index (κ2) is 7.79. The average molecular weight is 349 g/mol. The fourth-order valence-corrected chi connectivity index (χ4v) is 3.72. The van der Waals surface area contributed by atoms with Gasteiger partial charge in [0, 0.05) is 43.8 Å². The first-order valence-corrected chi connectivity index (χ1v) is 9.16. The van der Waals surface area contributed by atoms with E-state index in [1.807, 2.05) is 35.6 Å². The fraction of sp³-hybridized carbons (Fsp3) is 0.381. The van der Waals surface area contributed by atoms with E-state index in [0.29, 0.717) is 19.8 Å². The van der Waals surface area contributed by atoms with Gasteiger partial charge in [-0.25, -0.2) is 0 Å². The number of hydrogen-bond donors (Lipinski definition) is 0. The molecule has 5 nitrogen and oxygen atoms in total. The fourth-order valence-electron chi connectivity index (χ4n) is 3.72. The van der Waals surface area contributed by atoms with E-state index in [0.717, 1.165) is 42.5 Å². The molecule has 4 rings (SSSR count). The standard InChI is InChI=1S/C21H23N3O2/c25-21(17-5-1-2-6-17)24-9-7-20-18(13-24)11-23-12-19(20)15-26-14-16-4-3-8-22-10-16/h1-4,8,10-12,17H,5-7,9,13-15H2. The highest BCUT2D eigenvalue weighted by atomic mass is 16.5. The predicted molar refractivity (Wildman–Crippen MR) is 98.0 cm³/mol. The molecular weight excluding hydrogens is 326 g/mol. The minimum atomic E-state index is 0.135. The van der Waals surface area contributed by atoms with Gasteiger partial charge < -0.3 is 9.64 Å². The largest absolute Gasteiger partial charge is 0.372 e. The average Bonchev–Trinajstić information content (AvgIpc) is 3.23. The van der Waals surface area contributed by atoms with Gasteiger partial charge in [0.25, 0.3) is 0 Å². The number of carbonyl (C=O) groups is 1. The van der Waals surface area contributed by atoms with Crippen LogP contribution in [0.1, 0.15) is 35.1 Å². The number of hydrogen-bond acceptors (Lipinski definition) is 4. The third kappa shape index (κ3) is 3.68. The Morgan fingerprint density at radius 2 is 2.04 bits per heavy atom. The van der Waals surface area contributed by atoms with E-state index in [2.05, 4.69) is 22.1 Å². The van der Waals surface area contributed by atoms with E-state index in [1.165, 1.54) is 5.56 Å². The molecule has 2 aromatic heterocycles. The normalized spacial score (nSPS) is 16.7. The van der Waals surface area contributed by atoms with E-state index >= 15 is 0 Å². The lowest BCUT2D eigenvalue weighted by Gasteiger charge is -2.31. The third-order valence-electron chi connectivity index (χ3n) is 5.15. The van der Waals surface area contributed by atoms with Crippen molar-refractivity contribution in [1.82, 2.24) is 14.9 Å². The number of carbonyl (C=O) groups excluding carboxylic acids is 1. The number of fused-ring (bicyclic) bond motifs is 1. The van der Waals surface area contributed by atoms with E-state index in [9.17, 15) is 4.79 Å². The van der Waals surface area contributed by atoms with Gasteiger partial charge in [0.2, 0.25) is 5.91 Å². The van der Waals surface area contributed by atoms with Gasteiger partial charge in [-0.15, -0.1) is 0 Å². The van der Waals surface area contributed by atoms with Gasteiger partial charge in [-0.2, -0.15) is 0 Å². The number of pyridine rings is 2. The summed E-state index contributed by atoms with van der Waals surface area (Å²) in [5, 5.41) is 0. The summed E-state index contributed by atoms with van der Waals surface area (Å²) in [7, 11) is 0.